The van der Waals surface area contributed by atoms with Crippen LogP contribution in [0, 0.1) is 0 Å². The van der Waals surface area contributed by atoms with Gasteiger partial charge in [0.25, 0.3) is 5.91 Å². The first kappa shape index (κ1) is 20.8. The predicted octanol–water partition coefficient (Wildman–Crippen LogP) is 1.79. The van der Waals surface area contributed by atoms with Gasteiger partial charge in [-0.2, -0.15) is 0 Å². The molecule has 0 heterocycles. The average molecular weight is 386 g/mol. The smallest absolute Gasteiger partial charge is 0.335 e. The number of rotatable bonds is 8. The molecule has 0 saturated carbocycles. The van der Waals surface area contributed by atoms with Gasteiger partial charge in [-0.25, -0.2) is 4.79 Å². The van der Waals surface area contributed by atoms with E-state index in [-0.39, 0.29) is 18.0 Å². The number of hydrogen-bond acceptors (Lipinski definition) is 5. The molecule has 2 N–H and O–H groups in total. The molecule has 2 rings (SSSR count). The summed E-state index contributed by atoms with van der Waals surface area (Å²) in [6.45, 7) is 0.127. The van der Waals surface area contributed by atoms with Gasteiger partial charge in [-0.15, -0.1) is 0 Å². The number of nitrogens with zero attached hydrogens (tertiary/aromatic N) is 1. The third-order valence-corrected chi connectivity index (χ3v) is 4.09. The molecule has 0 unspecified atom stereocenters. The second kappa shape index (κ2) is 9.40. The Morgan fingerprint density at radius 2 is 1.57 bits per heavy atom. The number of amides is 2. The SMILES string of the molecule is COc1ccc(C(=O)NCC(=O)N(C)Cc2ccc(C(=O)O)cc2)cc1OC. The highest BCUT2D eigenvalue weighted by molar-refractivity contribution is 5.97. The Morgan fingerprint density at radius 1 is 0.964 bits per heavy atom. The molecule has 0 aliphatic heterocycles. The molecule has 0 saturated heterocycles. The first-order chi connectivity index (χ1) is 13.3. The molecule has 0 atom stereocenters. The molecule has 8 nitrogen and oxygen atoms in total. The van der Waals surface area contributed by atoms with Crippen molar-refractivity contribution in [1.82, 2.24) is 10.2 Å². The molecule has 148 valence electrons. The van der Waals surface area contributed by atoms with Crippen LogP contribution in [0.25, 0.3) is 0 Å². The highest BCUT2D eigenvalue weighted by Crippen LogP contribution is 2.27. The van der Waals surface area contributed by atoms with Gasteiger partial charge >= 0.3 is 5.97 Å². The van der Waals surface area contributed by atoms with Crippen molar-refractivity contribution >= 4 is 17.8 Å². The van der Waals surface area contributed by atoms with Crippen molar-refractivity contribution in [2.45, 2.75) is 6.54 Å². The van der Waals surface area contributed by atoms with E-state index in [0.717, 1.165) is 5.56 Å². The first-order valence-corrected chi connectivity index (χ1v) is 8.42. The van der Waals surface area contributed by atoms with Crippen LogP contribution in [0.4, 0.5) is 0 Å². The van der Waals surface area contributed by atoms with Gasteiger partial charge in [-0.3, -0.25) is 9.59 Å². The molecule has 2 aromatic rings. The summed E-state index contributed by atoms with van der Waals surface area (Å²) < 4.78 is 10.3. The number of carboxylic acids is 1. The van der Waals surface area contributed by atoms with Crippen LogP contribution in [-0.2, 0) is 11.3 Å². The minimum Gasteiger partial charge on any atom is -0.493 e. The number of methoxy groups -OCH3 is 2. The Hall–Kier alpha value is -3.55. The van der Waals surface area contributed by atoms with Gasteiger partial charge in [-0.1, -0.05) is 12.1 Å². The molecule has 0 spiro atoms. The van der Waals surface area contributed by atoms with E-state index >= 15 is 0 Å². The molecule has 0 bridgehead atoms. The van der Waals surface area contributed by atoms with Crippen molar-refractivity contribution in [3.8, 4) is 11.5 Å². The zero-order chi connectivity index (χ0) is 20.7. The summed E-state index contributed by atoms with van der Waals surface area (Å²) in [6, 6.07) is 11.0. The fourth-order valence-corrected chi connectivity index (χ4v) is 2.49. The van der Waals surface area contributed by atoms with Gasteiger partial charge in [-0.05, 0) is 35.9 Å². The molecule has 28 heavy (non-hydrogen) atoms. The fraction of sp³-hybridized carbons (Fsp3) is 0.250. The third kappa shape index (κ3) is 5.23. The number of carbonyl (C=O) groups is 3. The maximum atomic E-state index is 12.3. The Morgan fingerprint density at radius 3 is 2.14 bits per heavy atom. The Labute approximate surface area is 162 Å². The largest absolute Gasteiger partial charge is 0.493 e. The zero-order valence-corrected chi connectivity index (χ0v) is 15.9. The molecule has 2 aromatic carbocycles. The number of carboxylic acid groups (broad SMARTS) is 1. The van der Waals surface area contributed by atoms with Crippen molar-refractivity contribution in [2.24, 2.45) is 0 Å². The average Bonchev–Trinajstić information content (AvgIpc) is 2.71. The van der Waals surface area contributed by atoms with Crippen molar-refractivity contribution in [1.29, 1.82) is 0 Å². The van der Waals surface area contributed by atoms with Crippen molar-refractivity contribution in [3.63, 3.8) is 0 Å². The maximum absolute atomic E-state index is 12.3. The molecule has 2 amide bonds. The molecule has 0 radical (unpaired) electrons. The van der Waals surface area contributed by atoms with E-state index in [4.69, 9.17) is 14.6 Å². The molecular weight excluding hydrogens is 364 g/mol. The van der Waals surface area contributed by atoms with Gasteiger partial charge < -0.3 is 24.8 Å². The van der Waals surface area contributed by atoms with Crippen LogP contribution in [-0.4, -0.2) is 55.6 Å². The van der Waals surface area contributed by atoms with E-state index in [9.17, 15) is 14.4 Å². The topological polar surface area (TPSA) is 105 Å². The Bertz CT molecular complexity index is 863. The van der Waals surface area contributed by atoms with Crippen LogP contribution in [0.15, 0.2) is 42.5 Å². The van der Waals surface area contributed by atoms with Crippen molar-refractivity contribution < 1.29 is 29.0 Å². The number of carbonyl (C=O) groups excluding carboxylic acids is 2. The summed E-state index contributed by atoms with van der Waals surface area (Å²) in [6.07, 6.45) is 0. The first-order valence-electron chi connectivity index (χ1n) is 8.42. The minimum atomic E-state index is -1.01. The van der Waals surface area contributed by atoms with E-state index < -0.39 is 11.9 Å². The number of nitrogens with one attached hydrogen (secondary N) is 1. The molecule has 0 aliphatic carbocycles. The van der Waals surface area contributed by atoms with E-state index in [0.29, 0.717) is 23.6 Å². The third-order valence-electron chi connectivity index (χ3n) is 4.09. The van der Waals surface area contributed by atoms with Gasteiger partial charge in [0.1, 0.15) is 0 Å². The van der Waals surface area contributed by atoms with Gasteiger partial charge in [0.2, 0.25) is 5.91 Å². The number of likely N-dealkylation sites (N-methyl/N-ethyl adjacent to an activating group) is 1. The van der Waals surface area contributed by atoms with E-state index in [1.807, 2.05) is 0 Å². The van der Waals surface area contributed by atoms with Crippen LogP contribution in [0.2, 0.25) is 0 Å². The van der Waals surface area contributed by atoms with Gasteiger partial charge in [0.15, 0.2) is 11.5 Å². The standard InChI is InChI=1S/C20H22N2O6/c1-22(12-13-4-6-14(7-5-13)20(25)26)18(23)11-21-19(24)15-8-9-16(27-2)17(10-15)28-3/h4-10H,11-12H2,1-3H3,(H,21,24)(H,25,26). The zero-order valence-electron chi connectivity index (χ0n) is 15.9. The van der Waals surface area contributed by atoms with Gasteiger partial charge in [0, 0.05) is 19.2 Å². The molecule has 0 aromatic heterocycles. The highest BCUT2D eigenvalue weighted by atomic mass is 16.5. The molecule has 0 fully saturated rings. The summed E-state index contributed by atoms with van der Waals surface area (Å²) >= 11 is 0. The molecular formula is C20H22N2O6. The molecule has 8 heteroatoms. The van der Waals surface area contributed by atoms with Crippen LogP contribution < -0.4 is 14.8 Å². The summed E-state index contributed by atoms with van der Waals surface area (Å²) in [5, 5.41) is 11.5. The summed E-state index contributed by atoms with van der Waals surface area (Å²) in [4.78, 5) is 36.8. The lowest BCUT2D eigenvalue weighted by molar-refractivity contribution is -0.129. The lowest BCUT2D eigenvalue weighted by atomic mass is 10.1. The summed E-state index contributed by atoms with van der Waals surface area (Å²) in [5.41, 5.74) is 1.31. The quantitative estimate of drug-likeness (QED) is 0.717. The second-order valence-corrected chi connectivity index (χ2v) is 6.00. The van der Waals surface area contributed by atoms with Crippen LogP contribution >= 0.6 is 0 Å². The van der Waals surface area contributed by atoms with E-state index in [1.54, 1.807) is 31.3 Å². The van der Waals surface area contributed by atoms with Crippen molar-refractivity contribution in [3.05, 3.63) is 59.2 Å². The van der Waals surface area contributed by atoms with Crippen LogP contribution in [0.5, 0.6) is 11.5 Å². The summed E-state index contributed by atoms with van der Waals surface area (Å²) in [5.74, 6) is -0.773. The number of benzene rings is 2. The number of ether oxygens (including phenoxy) is 2. The lowest BCUT2D eigenvalue weighted by Crippen LogP contribution is -2.37. The minimum absolute atomic E-state index is 0.170. The van der Waals surface area contributed by atoms with Crippen LogP contribution in [0.1, 0.15) is 26.3 Å². The second-order valence-electron chi connectivity index (χ2n) is 6.00. The maximum Gasteiger partial charge on any atom is 0.335 e. The Kier molecular flexibility index (Phi) is 6.97. The number of hydrogen-bond donors (Lipinski definition) is 2. The Balaban J connectivity index is 1.91. The fourth-order valence-electron chi connectivity index (χ4n) is 2.49. The van der Waals surface area contributed by atoms with Crippen molar-refractivity contribution in [2.75, 3.05) is 27.8 Å². The lowest BCUT2D eigenvalue weighted by Gasteiger charge is -2.18. The monoisotopic (exact) mass is 386 g/mol. The normalized spacial score (nSPS) is 10.1. The van der Waals surface area contributed by atoms with E-state index in [1.165, 1.54) is 37.3 Å². The predicted molar refractivity (Wildman–Crippen MR) is 102 cm³/mol. The molecule has 0 aliphatic rings. The van der Waals surface area contributed by atoms with Gasteiger partial charge in [0.05, 0.1) is 26.3 Å². The summed E-state index contributed by atoms with van der Waals surface area (Å²) in [7, 11) is 4.58. The van der Waals surface area contributed by atoms with E-state index in [2.05, 4.69) is 5.32 Å². The highest BCUT2D eigenvalue weighted by Gasteiger charge is 2.14. The number of aromatic carboxylic acids is 1. The van der Waals surface area contributed by atoms with Crippen LogP contribution in [0.3, 0.4) is 0 Å².